The fourth-order valence-electron chi connectivity index (χ4n) is 3.79. The van der Waals surface area contributed by atoms with E-state index in [1.807, 2.05) is 0 Å². The van der Waals surface area contributed by atoms with Gasteiger partial charge in [0.05, 0.1) is 23.7 Å². The van der Waals surface area contributed by atoms with Crippen LogP contribution < -0.4 is 0 Å². The molecule has 0 spiro atoms. The largest absolute Gasteiger partial charge is 0.465 e. The Morgan fingerprint density at radius 1 is 1.22 bits per heavy atom. The number of methoxy groups -OCH3 is 1. The average Bonchev–Trinajstić information content (AvgIpc) is 2.53. The van der Waals surface area contributed by atoms with Gasteiger partial charge in [-0.05, 0) is 37.8 Å². The molecule has 0 amide bonds. The summed E-state index contributed by atoms with van der Waals surface area (Å²) in [4.78, 5) is 11.9. The van der Waals surface area contributed by atoms with Crippen molar-refractivity contribution in [1.82, 2.24) is 4.31 Å². The number of sulfonamides is 1. The maximum atomic E-state index is 13.2. The SMILES string of the molecule is COC(=O)c1ccccc1S(=O)(=O)N1[C@@H]2CCC[C@H]1CC(O)C2. The third-order valence-corrected chi connectivity index (χ3v) is 6.79. The third kappa shape index (κ3) is 2.88. The molecule has 3 atom stereocenters. The normalized spacial score (nSPS) is 28.3. The first-order chi connectivity index (χ1) is 10.9. The number of carbonyl (C=O) groups is 1. The van der Waals surface area contributed by atoms with Gasteiger partial charge in [0.15, 0.2) is 0 Å². The maximum absolute atomic E-state index is 13.2. The Kier molecular flexibility index (Phi) is 4.44. The maximum Gasteiger partial charge on any atom is 0.339 e. The molecule has 0 aliphatic carbocycles. The van der Waals surface area contributed by atoms with Gasteiger partial charge in [-0.3, -0.25) is 0 Å². The number of ether oxygens (including phenoxy) is 1. The zero-order valence-electron chi connectivity index (χ0n) is 13.0. The van der Waals surface area contributed by atoms with E-state index in [0.29, 0.717) is 12.8 Å². The van der Waals surface area contributed by atoms with Crippen LogP contribution in [0.5, 0.6) is 0 Å². The van der Waals surface area contributed by atoms with Gasteiger partial charge in [-0.1, -0.05) is 18.6 Å². The zero-order valence-corrected chi connectivity index (χ0v) is 13.8. The summed E-state index contributed by atoms with van der Waals surface area (Å²) >= 11 is 0. The van der Waals surface area contributed by atoms with Crippen molar-refractivity contribution >= 4 is 16.0 Å². The Hall–Kier alpha value is -1.44. The summed E-state index contributed by atoms with van der Waals surface area (Å²) in [5, 5.41) is 9.95. The first-order valence-electron chi connectivity index (χ1n) is 7.84. The van der Waals surface area contributed by atoms with Crippen molar-refractivity contribution < 1.29 is 23.1 Å². The number of nitrogens with zero attached hydrogens (tertiary/aromatic N) is 1. The van der Waals surface area contributed by atoms with Crippen LogP contribution in [0.15, 0.2) is 29.2 Å². The van der Waals surface area contributed by atoms with E-state index >= 15 is 0 Å². The number of benzene rings is 1. The van der Waals surface area contributed by atoms with E-state index < -0.39 is 22.1 Å². The molecule has 2 saturated heterocycles. The van der Waals surface area contributed by atoms with Crippen LogP contribution in [-0.4, -0.2) is 49.1 Å². The van der Waals surface area contributed by atoms with Gasteiger partial charge in [-0.2, -0.15) is 4.31 Å². The molecule has 2 aliphatic heterocycles. The van der Waals surface area contributed by atoms with E-state index in [-0.39, 0.29) is 22.5 Å². The second-order valence-electron chi connectivity index (χ2n) is 6.19. The molecule has 1 aromatic rings. The number of esters is 1. The fraction of sp³-hybridized carbons (Fsp3) is 0.562. The average molecular weight is 339 g/mol. The Morgan fingerprint density at radius 3 is 2.43 bits per heavy atom. The van der Waals surface area contributed by atoms with E-state index in [1.165, 1.54) is 23.5 Å². The predicted octanol–water partition coefficient (Wildman–Crippen LogP) is 1.54. The first kappa shape index (κ1) is 16.4. The van der Waals surface area contributed by atoms with Crippen molar-refractivity contribution in [2.24, 2.45) is 0 Å². The van der Waals surface area contributed by atoms with Gasteiger partial charge in [0.25, 0.3) is 0 Å². The predicted molar refractivity (Wildman–Crippen MR) is 83.5 cm³/mol. The lowest BCUT2D eigenvalue weighted by molar-refractivity contribution is 0.0218. The zero-order chi connectivity index (χ0) is 16.6. The smallest absolute Gasteiger partial charge is 0.339 e. The summed E-state index contributed by atoms with van der Waals surface area (Å²) in [6, 6.07) is 5.73. The van der Waals surface area contributed by atoms with Gasteiger partial charge in [-0.25, -0.2) is 13.2 Å². The number of aliphatic hydroxyl groups is 1. The second kappa shape index (κ2) is 6.22. The number of carbonyl (C=O) groups excluding carboxylic acids is 1. The molecule has 6 nitrogen and oxygen atoms in total. The fourth-order valence-corrected chi connectivity index (χ4v) is 5.86. The van der Waals surface area contributed by atoms with Gasteiger partial charge in [0.2, 0.25) is 10.0 Å². The Labute approximate surface area is 136 Å². The van der Waals surface area contributed by atoms with Gasteiger partial charge in [0, 0.05) is 12.1 Å². The number of piperidine rings is 2. The number of fused-ring (bicyclic) bond motifs is 2. The van der Waals surface area contributed by atoms with Crippen molar-refractivity contribution in [1.29, 1.82) is 0 Å². The molecule has 2 heterocycles. The van der Waals surface area contributed by atoms with Crippen LogP contribution in [-0.2, 0) is 14.8 Å². The highest BCUT2D eigenvalue weighted by Gasteiger charge is 2.45. The minimum Gasteiger partial charge on any atom is -0.465 e. The molecule has 7 heteroatoms. The molecule has 0 saturated carbocycles. The van der Waals surface area contributed by atoms with Gasteiger partial charge < -0.3 is 9.84 Å². The van der Waals surface area contributed by atoms with Crippen LogP contribution >= 0.6 is 0 Å². The van der Waals surface area contributed by atoms with Gasteiger partial charge >= 0.3 is 5.97 Å². The summed E-state index contributed by atoms with van der Waals surface area (Å²) in [7, 11) is -2.58. The van der Waals surface area contributed by atoms with E-state index in [9.17, 15) is 18.3 Å². The van der Waals surface area contributed by atoms with Gasteiger partial charge in [0.1, 0.15) is 0 Å². The highest BCUT2D eigenvalue weighted by Crippen LogP contribution is 2.38. The van der Waals surface area contributed by atoms with Crippen LogP contribution in [0, 0.1) is 0 Å². The molecule has 1 unspecified atom stereocenters. The number of rotatable bonds is 3. The molecule has 0 aromatic heterocycles. The lowest BCUT2D eigenvalue weighted by atomic mass is 9.85. The Bertz CT molecular complexity index is 688. The summed E-state index contributed by atoms with van der Waals surface area (Å²) in [6.07, 6.45) is 2.91. The second-order valence-corrected chi connectivity index (χ2v) is 8.00. The summed E-state index contributed by atoms with van der Waals surface area (Å²) in [5.41, 5.74) is 0.0548. The molecule has 0 radical (unpaired) electrons. The Balaban J connectivity index is 2.04. The summed E-state index contributed by atoms with van der Waals surface area (Å²) in [6.45, 7) is 0. The van der Waals surface area contributed by atoms with Crippen molar-refractivity contribution in [3.05, 3.63) is 29.8 Å². The standard InChI is InChI=1S/C16H21NO5S/c1-22-16(19)14-7-2-3-8-15(14)23(20,21)17-11-5-4-6-12(17)10-13(18)9-11/h2-3,7-8,11-13,18H,4-6,9-10H2,1H3/t11-,12+,13?. The van der Waals surface area contributed by atoms with Crippen LogP contribution in [0.2, 0.25) is 0 Å². The summed E-state index contributed by atoms with van der Waals surface area (Å²) in [5.74, 6) is -0.661. The molecule has 2 bridgehead atoms. The molecule has 1 aromatic carbocycles. The van der Waals surface area contributed by atoms with Crippen molar-refractivity contribution in [2.75, 3.05) is 7.11 Å². The minimum absolute atomic E-state index is 0.0138. The summed E-state index contributed by atoms with van der Waals surface area (Å²) < 4.78 is 32.6. The molecule has 3 rings (SSSR count). The first-order valence-corrected chi connectivity index (χ1v) is 9.28. The van der Waals surface area contributed by atoms with Gasteiger partial charge in [-0.15, -0.1) is 0 Å². The minimum atomic E-state index is -3.81. The quantitative estimate of drug-likeness (QED) is 0.845. The molecule has 2 fully saturated rings. The van der Waals surface area contributed by atoms with E-state index in [2.05, 4.69) is 0 Å². The lowest BCUT2D eigenvalue weighted by Gasteiger charge is -2.46. The molecule has 1 N–H and O–H groups in total. The highest BCUT2D eigenvalue weighted by atomic mass is 32.2. The van der Waals surface area contributed by atoms with E-state index in [4.69, 9.17) is 4.74 Å². The molecular formula is C16H21NO5S. The lowest BCUT2D eigenvalue weighted by Crippen LogP contribution is -2.55. The molecule has 126 valence electrons. The third-order valence-electron chi connectivity index (χ3n) is 4.73. The van der Waals surface area contributed by atoms with Crippen molar-refractivity contribution in [3.8, 4) is 0 Å². The molecular weight excluding hydrogens is 318 g/mol. The molecule has 2 aliphatic rings. The van der Waals surface area contributed by atoms with Crippen LogP contribution in [0.25, 0.3) is 0 Å². The van der Waals surface area contributed by atoms with Crippen LogP contribution in [0.1, 0.15) is 42.5 Å². The highest BCUT2D eigenvalue weighted by molar-refractivity contribution is 7.89. The van der Waals surface area contributed by atoms with Crippen molar-refractivity contribution in [2.45, 2.75) is 55.2 Å². The Morgan fingerprint density at radius 2 is 1.83 bits per heavy atom. The van der Waals surface area contributed by atoms with Crippen LogP contribution in [0.4, 0.5) is 0 Å². The number of hydrogen-bond acceptors (Lipinski definition) is 5. The van der Waals surface area contributed by atoms with E-state index in [0.717, 1.165) is 19.3 Å². The number of hydrogen-bond donors (Lipinski definition) is 1. The topological polar surface area (TPSA) is 83.9 Å². The number of aliphatic hydroxyl groups excluding tert-OH is 1. The molecule has 23 heavy (non-hydrogen) atoms. The van der Waals surface area contributed by atoms with E-state index in [1.54, 1.807) is 12.1 Å². The monoisotopic (exact) mass is 339 g/mol. The van der Waals surface area contributed by atoms with Crippen LogP contribution in [0.3, 0.4) is 0 Å². The van der Waals surface area contributed by atoms with Crippen molar-refractivity contribution in [3.63, 3.8) is 0 Å².